The summed E-state index contributed by atoms with van der Waals surface area (Å²) in [6.07, 6.45) is 2.33. The molecular formula is C15H22F2N2. The number of hydrogen-bond acceptors (Lipinski definition) is 2. The number of halogens is 2. The largest absolute Gasteiger partial charge is 0.312 e. The number of hydrogen-bond donors (Lipinski definition) is 1. The van der Waals surface area contributed by atoms with E-state index in [-0.39, 0.29) is 12.1 Å². The van der Waals surface area contributed by atoms with Gasteiger partial charge in [0.15, 0.2) is 0 Å². The Morgan fingerprint density at radius 2 is 1.84 bits per heavy atom. The topological polar surface area (TPSA) is 15.3 Å². The first kappa shape index (κ1) is 14.4. The quantitative estimate of drug-likeness (QED) is 0.883. The third kappa shape index (κ3) is 3.98. The lowest BCUT2D eigenvalue weighted by atomic mass is 9.97. The van der Waals surface area contributed by atoms with E-state index >= 15 is 0 Å². The van der Waals surface area contributed by atoms with E-state index in [1.54, 1.807) is 0 Å². The molecule has 1 aliphatic rings. The molecule has 1 aromatic carbocycles. The highest BCUT2D eigenvalue weighted by Crippen LogP contribution is 2.17. The van der Waals surface area contributed by atoms with Gasteiger partial charge in [-0.25, -0.2) is 8.78 Å². The Kier molecular flexibility index (Phi) is 5.28. The van der Waals surface area contributed by atoms with Crippen molar-refractivity contribution in [3.05, 3.63) is 35.4 Å². The zero-order chi connectivity index (χ0) is 13.7. The van der Waals surface area contributed by atoms with Gasteiger partial charge >= 0.3 is 0 Å². The molecule has 1 heterocycles. The van der Waals surface area contributed by atoms with E-state index in [1.165, 1.54) is 31.0 Å². The van der Waals surface area contributed by atoms with E-state index in [9.17, 15) is 8.78 Å². The van der Waals surface area contributed by atoms with Crippen molar-refractivity contribution < 1.29 is 8.78 Å². The summed E-state index contributed by atoms with van der Waals surface area (Å²) in [6, 6.07) is 4.01. The van der Waals surface area contributed by atoms with Crippen molar-refractivity contribution in [2.24, 2.45) is 5.92 Å². The molecule has 0 amide bonds. The van der Waals surface area contributed by atoms with E-state index in [0.717, 1.165) is 26.2 Å². The maximum atomic E-state index is 13.4. The van der Waals surface area contributed by atoms with Crippen LogP contribution < -0.4 is 5.32 Å². The molecule has 2 nitrogen and oxygen atoms in total. The molecule has 1 N–H and O–H groups in total. The second-order valence-electron chi connectivity index (χ2n) is 5.21. The summed E-state index contributed by atoms with van der Waals surface area (Å²) in [6.45, 7) is 6.67. The highest BCUT2D eigenvalue weighted by Gasteiger charge is 2.17. The molecule has 0 radical (unpaired) electrons. The van der Waals surface area contributed by atoms with Crippen LogP contribution in [0.15, 0.2) is 18.2 Å². The summed E-state index contributed by atoms with van der Waals surface area (Å²) in [5, 5.41) is 3.19. The smallest absolute Gasteiger partial charge is 0.130 e. The summed E-state index contributed by atoms with van der Waals surface area (Å²) < 4.78 is 26.9. The van der Waals surface area contributed by atoms with Crippen molar-refractivity contribution in [1.82, 2.24) is 10.2 Å². The zero-order valence-corrected chi connectivity index (χ0v) is 11.5. The van der Waals surface area contributed by atoms with Crippen LogP contribution in [-0.2, 0) is 6.54 Å². The summed E-state index contributed by atoms with van der Waals surface area (Å²) >= 11 is 0. The normalized spacial score (nSPS) is 17.8. The van der Waals surface area contributed by atoms with E-state index < -0.39 is 11.6 Å². The fourth-order valence-corrected chi connectivity index (χ4v) is 2.61. The molecule has 1 aliphatic heterocycles. The zero-order valence-electron chi connectivity index (χ0n) is 11.5. The summed E-state index contributed by atoms with van der Waals surface area (Å²) in [7, 11) is 0. The van der Waals surface area contributed by atoms with Crippen LogP contribution in [0.5, 0.6) is 0 Å². The Balaban J connectivity index is 1.75. The Hall–Kier alpha value is -1.00. The first-order valence-electron chi connectivity index (χ1n) is 7.06. The number of nitrogens with zero attached hydrogens (tertiary/aromatic N) is 1. The van der Waals surface area contributed by atoms with Crippen molar-refractivity contribution in [3.63, 3.8) is 0 Å². The lowest BCUT2D eigenvalue weighted by molar-refractivity contribution is 0.190. The van der Waals surface area contributed by atoms with Crippen molar-refractivity contribution in [3.8, 4) is 0 Å². The van der Waals surface area contributed by atoms with Crippen LogP contribution in [0.1, 0.15) is 25.3 Å². The predicted octanol–water partition coefficient (Wildman–Crippen LogP) is 2.79. The maximum absolute atomic E-state index is 13.4. The monoisotopic (exact) mass is 268 g/mol. The van der Waals surface area contributed by atoms with Crippen LogP contribution >= 0.6 is 0 Å². The SMILES string of the molecule is CCN1CCC(CNCc2c(F)cccc2F)CC1. The summed E-state index contributed by atoms with van der Waals surface area (Å²) in [5.74, 6) is -0.306. The van der Waals surface area contributed by atoms with Gasteiger partial charge in [-0.1, -0.05) is 13.0 Å². The minimum atomic E-state index is -0.465. The van der Waals surface area contributed by atoms with Gasteiger partial charge in [0.25, 0.3) is 0 Å². The van der Waals surface area contributed by atoms with Crippen LogP contribution in [-0.4, -0.2) is 31.1 Å². The number of benzene rings is 1. The minimum Gasteiger partial charge on any atom is -0.312 e. The fourth-order valence-electron chi connectivity index (χ4n) is 2.61. The number of rotatable bonds is 5. The summed E-state index contributed by atoms with van der Waals surface area (Å²) in [5.41, 5.74) is 0.147. The van der Waals surface area contributed by atoms with E-state index in [1.807, 2.05) is 0 Å². The Bertz CT molecular complexity index is 381. The third-order valence-corrected chi connectivity index (χ3v) is 3.95. The lowest BCUT2D eigenvalue weighted by Gasteiger charge is -2.31. The molecule has 0 spiro atoms. The van der Waals surface area contributed by atoms with Gasteiger partial charge in [0, 0.05) is 12.1 Å². The molecule has 0 atom stereocenters. The molecule has 0 aromatic heterocycles. The molecule has 0 saturated carbocycles. The highest BCUT2D eigenvalue weighted by atomic mass is 19.1. The third-order valence-electron chi connectivity index (χ3n) is 3.95. The van der Waals surface area contributed by atoms with Crippen molar-refractivity contribution in [2.75, 3.05) is 26.2 Å². The van der Waals surface area contributed by atoms with Crippen LogP contribution in [0.4, 0.5) is 8.78 Å². The standard InChI is InChI=1S/C15H22F2N2/c1-2-19-8-6-12(7-9-19)10-18-11-13-14(16)4-3-5-15(13)17/h3-5,12,18H,2,6-11H2,1H3. The molecule has 0 aliphatic carbocycles. The van der Waals surface area contributed by atoms with E-state index in [4.69, 9.17) is 0 Å². The average Bonchev–Trinajstić information content (AvgIpc) is 2.43. The molecule has 0 unspecified atom stereocenters. The summed E-state index contributed by atoms with van der Waals surface area (Å²) in [4.78, 5) is 2.44. The second kappa shape index (κ2) is 6.96. The molecule has 19 heavy (non-hydrogen) atoms. The maximum Gasteiger partial charge on any atom is 0.130 e. The number of nitrogens with one attached hydrogen (secondary N) is 1. The molecular weight excluding hydrogens is 246 g/mol. The van der Waals surface area contributed by atoms with Crippen molar-refractivity contribution in [1.29, 1.82) is 0 Å². The molecule has 106 valence electrons. The Morgan fingerprint density at radius 3 is 2.42 bits per heavy atom. The molecule has 4 heteroatoms. The Morgan fingerprint density at radius 1 is 1.21 bits per heavy atom. The molecule has 2 rings (SSSR count). The van der Waals surface area contributed by atoms with Gasteiger partial charge in [0.1, 0.15) is 11.6 Å². The molecule has 1 saturated heterocycles. The Labute approximate surface area is 113 Å². The van der Waals surface area contributed by atoms with Crippen LogP contribution in [0, 0.1) is 17.6 Å². The van der Waals surface area contributed by atoms with Crippen LogP contribution in [0.3, 0.4) is 0 Å². The first-order chi connectivity index (χ1) is 9.20. The predicted molar refractivity (Wildman–Crippen MR) is 72.9 cm³/mol. The average molecular weight is 268 g/mol. The number of likely N-dealkylation sites (tertiary alicyclic amines) is 1. The van der Waals surface area contributed by atoms with Gasteiger partial charge in [0.05, 0.1) is 0 Å². The molecule has 1 fully saturated rings. The second-order valence-corrected chi connectivity index (χ2v) is 5.21. The fraction of sp³-hybridized carbons (Fsp3) is 0.600. The van der Waals surface area contributed by atoms with E-state index in [0.29, 0.717) is 5.92 Å². The van der Waals surface area contributed by atoms with Gasteiger partial charge in [-0.15, -0.1) is 0 Å². The van der Waals surface area contributed by atoms with Gasteiger partial charge in [-0.05, 0) is 57.1 Å². The molecule has 0 bridgehead atoms. The van der Waals surface area contributed by atoms with Crippen LogP contribution in [0.25, 0.3) is 0 Å². The van der Waals surface area contributed by atoms with Crippen molar-refractivity contribution >= 4 is 0 Å². The molecule has 1 aromatic rings. The van der Waals surface area contributed by atoms with Gasteiger partial charge in [0.2, 0.25) is 0 Å². The van der Waals surface area contributed by atoms with Gasteiger partial charge < -0.3 is 10.2 Å². The first-order valence-corrected chi connectivity index (χ1v) is 7.06. The van der Waals surface area contributed by atoms with Crippen LogP contribution in [0.2, 0.25) is 0 Å². The van der Waals surface area contributed by atoms with Gasteiger partial charge in [-0.2, -0.15) is 0 Å². The van der Waals surface area contributed by atoms with Gasteiger partial charge in [-0.3, -0.25) is 0 Å². The number of piperidine rings is 1. The lowest BCUT2D eigenvalue weighted by Crippen LogP contribution is -2.37. The highest BCUT2D eigenvalue weighted by molar-refractivity contribution is 5.19. The van der Waals surface area contributed by atoms with E-state index in [2.05, 4.69) is 17.1 Å². The minimum absolute atomic E-state index is 0.147. The van der Waals surface area contributed by atoms with Crippen molar-refractivity contribution in [2.45, 2.75) is 26.3 Å².